The number of alkyl halides is 3. The summed E-state index contributed by atoms with van der Waals surface area (Å²) in [5.41, 5.74) is 7.06. The number of ether oxygens (including phenoxy) is 1. The summed E-state index contributed by atoms with van der Waals surface area (Å²) in [6, 6.07) is 5.80. The van der Waals surface area contributed by atoms with Crippen LogP contribution in [-0.2, 0) is 0 Å². The Morgan fingerprint density at radius 3 is 2.16 bits per heavy atom. The molecule has 2 nitrogen and oxygen atoms in total. The summed E-state index contributed by atoms with van der Waals surface area (Å²) in [4.78, 5) is 0. The Labute approximate surface area is 110 Å². The maximum atomic E-state index is 12.0. The molecule has 1 aliphatic rings. The molecule has 0 saturated heterocycles. The van der Waals surface area contributed by atoms with Gasteiger partial charge in [0, 0.05) is 6.04 Å². The number of hydrogen-bond acceptors (Lipinski definition) is 2. The Morgan fingerprint density at radius 2 is 1.63 bits per heavy atom. The van der Waals surface area contributed by atoms with Gasteiger partial charge in [-0.2, -0.15) is 0 Å². The van der Waals surface area contributed by atoms with Gasteiger partial charge in [0.15, 0.2) is 0 Å². The zero-order valence-corrected chi connectivity index (χ0v) is 10.6. The van der Waals surface area contributed by atoms with Crippen molar-refractivity contribution >= 4 is 0 Å². The molecule has 2 N–H and O–H groups in total. The van der Waals surface area contributed by atoms with Crippen LogP contribution in [0.1, 0.15) is 43.7 Å². The molecular formula is C14H18F3NO. The van der Waals surface area contributed by atoms with Crippen LogP contribution in [0.3, 0.4) is 0 Å². The van der Waals surface area contributed by atoms with Gasteiger partial charge >= 0.3 is 6.36 Å². The monoisotopic (exact) mass is 273 g/mol. The average molecular weight is 273 g/mol. The van der Waals surface area contributed by atoms with E-state index in [1.807, 2.05) is 0 Å². The number of nitrogens with two attached hydrogens (primary N) is 1. The molecule has 1 unspecified atom stereocenters. The van der Waals surface area contributed by atoms with Crippen molar-refractivity contribution in [1.82, 2.24) is 0 Å². The van der Waals surface area contributed by atoms with E-state index < -0.39 is 6.36 Å². The van der Waals surface area contributed by atoms with Gasteiger partial charge in [0.05, 0.1) is 0 Å². The number of benzene rings is 1. The lowest BCUT2D eigenvalue weighted by Gasteiger charge is -2.27. The molecule has 1 aromatic rings. The molecule has 1 fully saturated rings. The Kier molecular flexibility index (Phi) is 4.34. The standard InChI is InChI=1S/C14H18F3NO/c15-14(16,17)19-12-8-6-11(7-9-12)13(18)10-4-2-1-3-5-10/h6-10,13H,1-5,18H2. The highest BCUT2D eigenvalue weighted by Gasteiger charge is 2.31. The van der Waals surface area contributed by atoms with E-state index in [9.17, 15) is 13.2 Å². The zero-order chi connectivity index (χ0) is 13.9. The van der Waals surface area contributed by atoms with Crippen molar-refractivity contribution in [3.63, 3.8) is 0 Å². The summed E-state index contributed by atoms with van der Waals surface area (Å²) in [5.74, 6) is 0.232. The first-order chi connectivity index (χ1) is 8.96. The Hall–Kier alpha value is -1.23. The minimum Gasteiger partial charge on any atom is -0.406 e. The van der Waals surface area contributed by atoms with Gasteiger partial charge in [-0.05, 0) is 36.5 Å². The first-order valence-electron chi connectivity index (χ1n) is 6.57. The van der Waals surface area contributed by atoms with Gasteiger partial charge in [-0.1, -0.05) is 31.4 Å². The van der Waals surface area contributed by atoms with Crippen molar-refractivity contribution in [2.45, 2.75) is 44.5 Å². The lowest BCUT2D eigenvalue weighted by molar-refractivity contribution is -0.274. The fourth-order valence-corrected chi connectivity index (χ4v) is 2.66. The maximum Gasteiger partial charge on any atom is 0.573 e. The van der Waals surface area contributed by atoms with E-state index in [2.05, 4.69) is 4.74 Å². The zero-order valence-electron chi connectivity index (χ0n) is 10.6. The van der Waals surface area contributed by atoms with Gasteiger partial charge < -0.3 is 10.5 Å². The minimum atomic E-state index is -4.65. The number of hydrogen-bond donors (Lipinski definition) is 1. The molecule has 19 heavy (non-hydrogen) atoms. The maximum absolute atomic E-state index is 12.0. The molecule has 1 aromatic carbocycles. The van der Waals surface area contributed by atoms with Crippen LogP contribution < -0.4 is 10.5 Å². The van der Waals surface area contributed by atoms with E-state index in [4.69, 9.17) is 5.73 Å². The highest BCUT2D eigenvalue weighted by Crippen LogP contribution is 2.33. The van der Waals surface area contributed by atoms with Crippen LogP contribution in [-0.4, -0.2) is 6.36 Å². The Morgan fingerprint density at radius 1 is 1.05 bits per heavy atom. The van der Waals surface area contributed by atoms with Crippen molar-refractivity contribution < 1.29 is 17.9 Å². The van der Waals surface area contributed by atoms with Gasteiger partial charge in [-0.15, -0.1) is 13.2 Å². The van der Waals surface area contributed by atoms with Crippen LogP contribution in [0.4, 0.5) is 13.2 Å². The topological polar surface area (TPSA) is 35.2 Å². The molecule has 0 heterocycles. The van der Waals surface area contributed by atoms with Crippen LogP contribution in [0.5, 0.6) is 5.75 Å². The van der Waals surface area contributed by atoms with Gasteiger partial charge in [-0.25, -0.2) is 0 Å². The molecule has 0 bridgehead atoms. The normalized spacial score (nSPS) is 19.2. The SMILES string of the molecule is NC(c1ccc(OC(F)(F)F)cc1)C1CCCCC1. The molecular weight excluding hydrogens is 255 g/mol. The molecule has 1 atom stereocenters. The van der Waals surface area contributed by atoms with Gasteiger partial charge in [0.1, 0.15) is 5.75 Å². The second-order valence-electron chi connectivity index (χ2n) is 5.04. The highest BCUT2D eigenvalue weighted by atomic mass is 19.4. The smallest absolute Gasteiger partial charge is 0.406 e. The second-order valence-corrected chi connectivity index (χ2v) is 5.04. The summed E-state index contributed by atoms with van der Waals surface area (Å²) in [6.45, 7) is 0. The Bertz CT molecular complexity index is 396. The second kappa shape index (κ2) is 5.82. The predicted molar refractivity (Wildman–Crippen MR) is 66.6 cm³/mol. The lowest BCUT2D eigenvalue weighted by Crippen LogP contribution is -2.23. The Balaban J connectivity index is 2.01. The van der Waals surface area contributed by atoms with Crippen LogP contribution in [0.2, 0.25) is 0 Å². The molecule has 0 radical (unpaired) electrons. The summed E-state index contributed by atoms with van der Waals surface area (Å²) < 4.78 is 40.0. The molecule has 0 spiro atoms. The van der Waals surface area contributed by atoms with Crippen molar-refractivity contribution in [1.29, 1.82) is 0 Å². The third-order valence-electron chi connectivity index (χ3n) is 3.66. The third-order valence-corrected chi connectivity index (χ3v) is 3.66. The molecule has 5 heteroatoms. The third kappa shape index (κ3) is 4.13. The predicted octanol–water partition coefficient (Wildman–Crippen LogP) is 4.17. The molecule has 0 amide bonds. The molecule has 0 aromatic heterocycles. The van der Waals surface area contributed by atoms with E-state index in [0.717, 1.165) is 18.4 Å². The fourth-order valence-electron chi connectivity index (χ4n) is 2.66. The van der Waals surface area contributed by atoms with Crippen molar-refractivity contribution in [3.8, 4) is 5.75 Å². The van der Waals surface area contributed by atoms with Crippen molar-refractivity contribution in [3.05, 3.63) is 29.8 Å². The summed E-state index contributed by atoms with van der Waals surface area (Å²) in [7, 11) is 0. The molecule has 1 aliphatic carbocycles. The van der Waals surface area contributed by atoms with E-state index >= 15 is 0 Å². The van der Waals surface area contributed by atoms with Crippen LogP contribution in [0, 0.1) is 5.92 Å². The van der Waals surface area contributed by atoms with Crippen LogP contribution >= 0.6 is 0 Å². The first kappa shape index (κ1) is 14.2. The van der Waals surface area contributed by atoms with E-state index in [0.29, 0.717) is 5.92 Å². The number of rotatable bonds is 3. The molecule has 106 valence electrons. The lowest BCUT2D eigenvalue weighted by atomic mass is 9.81. The molecule has 0 aliphatic heterocycles. The van der Waals surface area contributed by atoms with Crippen molar-refractivity contribution in [2.24, 2.45) is 11.7 Å². The summed E-state index contributed by atoms with van der Waals surface area (Å²) in [5, 5.41) is 0. The average Bonchev–Trinajstić information content (AvgIpc) is 2.38. The highest BCUT2D eigenvalue weighted by molar-refractivity contribution is 5.29. The van der Waals surface area contributed by atoms with Crippen LogP contribution in [0.15, 0.2) is 24.3 Å². The molecule has 1 saturated carbocycles. The van der Waals surface area contributed by atoms with Gasteiger partial charge in [-0.3, -0.25) is 0 Å². The first-order valence-corrected chi connectivity index (χ1v) is 6.57. The van der Waals surface area contributed by atoms with Gasteiger partial charge in [0.2, 0.25) is 0 Å². The number of halogens is 3. The minimum absolute atomic E-state index is 0.0970. The summed E-state index contributed by atoms with van der Waals surface area (Å²) >= 11 is 0. The van der Waals surface area contributed by atoms with Crippen LogP contribution in [0.25, 0.3) is 0 Å². The van der Waals surface area contributed by atoms with E-state index in [1.54, 1.807) is 12.1 Å². The van der Waals surface area contributed by atoms with E-state index in [-0.39, 0.29) is 11.8 Å². The quantitative estimate of drug-likeness (QED) is 0.897. The van der Waals surface area contributed by atoms with Gasteiger partial charge in [0.25, 0.3) is 0 Å². The fraction of sp³-hybridized carbons (Fsp3) is 0.571. The summed E-state index contributed by atoms with van der Waals surface area (Å²) in [6.07, 6.45) is 1.18. The van der Waals surface area contributed by atoms with E-state index in [1.165, 1.54) is 31.4 Å². The molecule has 2 rings (SSSR count). The largest absolute Gasteiger partial charge is 0.573 e. The van der Waals surface area contributed by atoms with Crippen molar-refractivity contribution in [2.75, 3.05) is 0 Å².